The van der Waals surface area contributed by atoms with Gasteiger partial charge in [-0.15, -0.1) is 0 Å². The number of carbonyl (C=O) groups excluding carboxylic acids is 1. The van der Waals surface area contributed by atoms with E-state index in [1.165, 1.54) is 4.31 Å². The van der Waals surface area contributed by atoms with E-state index in [-0.39, 0.29) is 12.3 Å². The van der Waals surface area contributed by atoms with Gasteiger partial charge in [-0.1, -0.05) is 72.3 Å². The molecule has 1 aliphatic heterocycles. The standard InChI is InChI=1S/C28H23ClN2O5S/c29-21-15-16-25(35-22-11-5-2-6-12-22)23(17-21)30-28(32)27-18-31(24-13-7-8-14-26(24)36-27)37(33,34)19-20-9-3-1-4-10-20/h1-17,27H,18-19H2,(H,30,32). The van der Waals surface area contributed by atoms with Crippen LogP contribution in [-0.2, 0) is 20.6 Å². The van der Waals surface area contributed by atoms with Gasteiger partial charge < -0.3 is 14.8 Å². The lowest BCUT2D eigenvalue weighted by molar-refractivity contribution is -0.122. The van der Waals surface area contributed by atoms with Crippen molar-refractivity contribution in [3.05, 3.63) is 114 Å². The number of nitrogens with one attached hydrogen (secondary N) is 1. The van der Waals surface area contributed by atoms with E-state index in [1.54, 1.807) is 78.9 Å². The molecular weight excluding hydrogens is 512 g/mol. The maximum absolute atomic E-state index is 13.4. The van der Waals surface area contributed by atoms with E-state index in [2.05, 4.69) is 5.32 Å². The number of hydrogen-bond acceptors (Lipinski definition) is 5. The van der Waals surface area contributed by atoms with E-state index in [0.29, 0.717) is 39.2 Å². The van der Waals surface area contributed by atoms with Crippen molar-refractivity contribution in [3.8, 4) is 17.2 Å². The van der Waals surface area contributed by atoms with Crippen LogP contribution < -0.4 is 19.1 Å². The van der Waals surface area contributed by atoms with E-state index in [4.69, 9.17) is 21.1 Å². The third kappa shape index (κ3) is 5.71. The molecule has 7 nitrogen and oxygen atoms in total. The van der Waals surface area contributed by atoms with Crippen molar-refractivity contribution in [1.82, 2.24) is 0 Å². The van der Waals surface area contributed by atoms with Gasteiger partial charge in [0.25, 0.3) is 5.91 Å². The minimum absolute atomic E-state index is 0.187. The molecule has 1 atom stereocenters. The van der Waals surface area contributed by atoms with E-state index in [0.717, 1.165) is 0 Å². The number of sulfonamides is 1. The molecule has 188 valence electrons. The fourth-order valence-electron chi connectivity index (χ4n) is 3.98. The summed E-state index contributed by atoms with van der Waals surface area (Å²) in [7, 11) is -3.82. The molecule has 0 spiro atoms. The van der Waals surface area contributed by atoms with Gasteiger partial charge >= 0.3 is 0 Å². The van der Waals surface area contributed by atoms with Crippen LogP contribution in [0.2, 0.25) is 5.02 Å². The molecule has 0 aromatic heterocycles. The van der Waals surface area contributed by atoms with E-state index >= 15 is 0 Å². The highest BCUT2D eigenvalue weighted by molar-refractivity contribution is 7.92. The SMILES string of the molecule is O=C(Nc1cc(Cl)ccc1Oc1ccccc1)C1CN(S(=O)(=O)Cc2ccccc2)c2ccccc2O1. The minimum atomic E-state index is -3.82. The van der Waals surface area contributed by atoms with Crippen LogP contribution in [0.4, 0.5) is 11.4 Å². The molecule has 5 rings (SSSR count). The van der Waals surface area contributed by atoms with Gasteiger partial charge in [-0.25, -0.2) is 8.42 Å². The zero-order valence-corrected chi connectivity index (χ0v) is 21.2. The van der Waals surface area contributed by atoms with Gasteiger partial charge in [0.05, 0.1) is 23.7 Å². The van der Waals surface area contributed by atoms with E-state index in [1.807, 2.05) is 24.3 Å². The minimum Gasteiger partial charge on any atom is -0.476 e. The normalized spacial score (nSPS) is 14.8. The summed E-state index contributed by atoms with van der Waals surface area (Å²) in [6, 6.07) is 29.6. The van der Waals surface area contributed by atoms with Gasteiger partial charge in [0, 0.05) is 5.02 Å². The number of halogens is 1. The molecule has 1 unspecified atom stereocenters. The van der Waals surface area contributed by atoms with Crippen LogP contribution in [0.5, 0.6) is 17.2 Å². The molecule has 0 saturated carbocycles. The maximum Gasteiger partial charge on any atom is 0.267 e. The van der Waals surface area contributed by atoms with Gasteiger partial charge in [-0.2, -0.15) is 0 Å². The Balaban J connectivity index is 1.41. The van der Waals surface area contributed by atoms with Gasteiger partial charge in [-0.3, -0.25) is 9.10 Å². The first-order chi connectivity index (χ1) is 17.9. The summed E-state index contributed by atoms with van der Waals surface area (Å²) in [4.78, 5) is 13.4. The van der Waals surface area contributed by atoms with Crippen LogP contribution in [0.1, 0.15) is 5.56 Å². The third-order valence-electron chi connectivity index (χ3n) is 5.73. The molecule has 0 fully saturated rings. The van der Waals surface area contributed by atoms with Crippen LogP contribution >= 0.6 is 11.6 Å². The molecular formula is C28H23ClN2O5S. The highest BCUT2D eigenvalue weighted by Crippen LogP contribution is 2.37. The summed E-state index contributed by atoms with van der Waals surface area (Å²) in [5, 5.41) is 3.20. The van der Waals surface area contributed by atoms with Crippen LogP contribution in [0.15, 0.2) is 103 Å². The Labute approximate surface area is 220 Å². The number of anilines is 2. The molecule has 0 bridgehead atoms. The van der Waals surface area contributed by atoms with Gasteiger partial charge in [0.15, 0.2) is 11.9 Å². The van der Waals surface area contributed by atoms with E-state index < -0.39 is 22.0 Å². The Morgan fingerprint density at radius 1 is 0.946 bits per heavy atom. The molecule has 1 amide bonds. The zero-order chi connectivity index (χ0) is 25.8. The molecule has 1 N–H and O–H groups in total. The summed E-state index contributed by atoms with van der Waals surface area (Å²) < 4.78 is 40.0. The molecule has 0 saturated heterocycles. The Hall–Kier alpha value is -4.01. The zero-order valence-electron chi connectivity index (χ0n) is 19.6. The molecule has 9 heteroatoms. The van der Waals surface area contributed by atoms with Crippen LogP contribution in [0.3, 0.4) is 0 Å². The maximum atomic E-state index is 13.4. The summed E-state index contributed by atoms with van der Waals surface area (Å²) >= 11 is 6.19. The summed E-state index contributed by atoms with van der Waals surface area (Å²) in [5.41, 5.74) is 1.37. The first-order valence-corrected chi connectivity index (χ1v) is 13.5. The number of fused-ring (bicyclic) bond motifs is 1. The van der Waals surface area contributed by atoms with E-state index in [9.17, 15) is 13.2 Å². The van der Waals surface area contributed by atoms with Gasteiger partial charge in [0.1, 0.15) is 11.5 Å². The van der Waals surface area contributed by atoms with Crippen LogP contribution in [0, 0.1) is 0 Å². The van der Waals surface area contributed by atoms with Crippen molar-refractivity contribution in [1.29, 1.82) is 0 Å². The van der Waals surface area contributed by atoms with Crippen molar-refractivity contribution in [3.63, 3.8) is 0 Å². The molecule has 4 aromatic rings. The molecule has 0 aliphatic carbocycles. The second-order valence-corrected chi connectivity index (χ2v) is 10.7. The Morgan fingerprint density at radius 3 is 2.38 bits per heavy atom. The van der Waals surface area contributed by atoms with Crippen LogP contribution in [0.25, 0.3) is 0 Å². The lowest BCUT2D eigenvalue weighted by Gasteiger charge is -2.34. The summed E-state index contributed by atoms with van der Waals surface area (Å²) in [6.45, 7) is -0.187. The van der Waals surface area contributed by atoms with Gasteiger partial charge in [-0.05, 0) is 48.0 Å². The first-order valence-electron chi connectivity index (χ1n) is 11.5. The first kappa shape index (κ1) is 24.7. The van der Waals surface area contributed by atoms with Crippen molar-refractivity contribution in [2.75, 3.05) is 16.2 Å². The number of carbonyl (C=O) groups is 1. The summed E-state index contributed by atoms with van der Waals surface area (Å²) in [6.07, 6.45) is -1.11. The predicted octanol–water partition coefficient (Wildman–Crippen LogP) is 5.87. The number of para-hydroxylation sites is 3. The number of benzene rings is 4. The second-order valence-electron chi connectivity index (χ2n) is 8.39. The topological polar surface area (TPSA) is 84.9 Å². The predicted molar refractivity (Wildman–Crippen MR) is 144 cm³/mol. The fourth-order valence-corrected chi connectivity index (χ4v) is 5.74. The highest BCUT2D eigenvalue weighted by Gasteiger charge is 2.37. The van der Waals surface area contributed by atoms with Gasteiger partial charge in [0.2, 0.25) is 10.0 Å². The molecule has 37 heavy (non-hydrogen) atoms. The molecule has 1 aliphatic rings. The fraction of sp³-hybridized carbons (Fsp3) is 0.107. The number of amides is 1. The number of ether oxygens (including phenoxy) is 2. The Kier molecular flexibility index (Phi) is 7.03. The lowest BCUT2D eigenvalue weighted by Crippen LogP contribution is -2.49. The Bertz CT molecular complexity index is 1510. The molecule has 1 heterocycles. The number of hydrogen-bond donors (Lipinski definition) is 1. The van der Waals surface area contributed by atoms with Crippen LogP contribution in [-0.4, -0.2) is 27.0 Å². The monoisotopic (exact) mass is 534 g/mol. The van der Waals surface area contributed by atoms with Crippen molar-refractivity contribution >= 4 is 38.9 Å². The molecule has 4 aromatic carbocycles. The van der Waals surface area contributed by atoms with Crippen molar-refractivity contribution in [2.45, 2.75) is 11.9 Å². The third-order valence-corrected chi connectivity index (χ3v) is 7.68. The lowest BCUT2D eigenvalue weighted by atomic mass is 10.2. The number of rotatable bonds is 7. The Morgan fingerprint density at radius 2 is 1.62 bits per heavy atom. The smallest absolute Gasteiger partial charge is 0.267 e. The second kappa shape index (κ2) is 10.5. The quantitative estimate of drug-likeness (QED) is 0.320. The summed E-state index contributed by atoms with van der Waals surface area (Å²) in [5.74, 6) is 0.530. The number of nitrogens with zero attached hydrogens (tertiary/aromatic N) is 1. The van der Waals surface area contributed by atoms with Crippen molar-refractivity contribution < 1.29 is 22.7 Å². The average molecular weight is 535 g/mol. The average Bonchev–Trinajstić information content (AvgIpc) is 2.90. The highest BCUT2D eigenvalue weighted by atomic mass is 35.5. The van der Waals surface area contributed by atoms with Crippen molar-refractivity contribution in [2.24, 2.45) is 0 Å². The molecule has 0 radical (unpaired) electrons. The largest absolute Gasteiger partial charge is 0.476 e.